The Morgan fingerprint density at radius 3 is 2.39 bits per heavy atom. The fourth-order valence-electron chi connectivity index (χ4n) is 3.03. The van der Waals surface area contributed by atoms with E-state index in [1.165, 1.54) is 5.56 Å². The van der Waals surface area contributed by atoms with Gasteiger partial charge in [-0.1, -0.05) is 12.8 Å². The number of benzene rings is 1. The Hall–Kier alpha value is -1.75. The molecule has 0 radical (unpaired) electrons. The van der Waals surface area contributed by atoms with E-state index in [2.05, 4.69) is 0 Å². The second-order valence-corrected chi connectivity index (χ2v) is 5.99. The zero-order valence-corrected chi connectivity index (χ0v) is 14.3. The van der Waals surface area contributed by atoms with E-state index in [9.17, 15) is 4.79 Å². The predicted octanol–water partition coefficient (Wildman–Crippen LogP) is 2.50. The third kappa shape index (κ3) is 4.61. The summed E-state index contributed by atoms with van der Waals surface area (Å²) in [5, 5.41) is 0. The molecular weight excluding hydrogens is 292 g/mol. The van der Waals surface area contributed by atoms with Crippen molar-refractivity contribution in [1.29, 1.82) is 0 Å². The van der Waals surface area contributed by atoms with Gasteiger partial charge in [-0.3, -0.25) is 4.79 Å². The summed E-state index contributed by atoms with van der Waals surface area (Å²) in [5.74, 6) is 1.73. The fraction of sp³-hybridized carbons (Fsp3) is 0.611. The van der Waals surface area contributed by atoms with Crippen LogP contribution in [0.1, 0.15) is 43.2 Å². The van der Waals surface area contributed by atoms with E-state index in [1.807, 2.05) is 17.0 Å². The van der Waals surface area contributed by atoms with Crippen molar-refractivity contribution in [1.82, 2.24) is 4.90 Å². The number of fused-ring (bicyclic) bond motifs is 1. The van der Waals surface area contributed by atoms with Crippen molar-refractivity contribution in [2.45, 2.75) is 45.1 Å². The normalized spacial score (nSPS) is 13.6. The molecule has 1 amide bonds. The lowest BCUT2D eigenvalue weighted by molar-refractivity contribution is -0.132. The highest BCUT2D eigenvalue weighted by Crippen LogP contribution is 2.33. The molecule has 2 rings (SSSR count). The van der Waals surface area contributed by atoms with Crippen LogP contribution in [0.4, 0.5) is 0 Å². The third-order valence-corrected chi connectivity index (χ3v) is 4.42. The van der Waals surface area contributed by atoms with Gasteiger partial charge < -0.3 is 20.1 Å². The molecule has 128 valence electrons. The zero-order chi connectivity index (χ0) is 16.7. The van der Waals surface area contributed by atoms with Gasteiger partial charge >= 0.3 is 0 Å². The van der Waals surface area contributed by atoms with Crippen molar-refractivity contribution in [3.8, 4) is 11.5 Å². The van der Waals surface area contributed by atoms with Gasteiger partial charge in [0.05, 0.1) is 14.2 Å². The van der Waals surface area contributed by atoms with Crippen molar-refractivity contribution in [2.24, 2.45) is 5.73 Å². The van der Waals surface area contributed by atoms with Gasteiger partial charge in [-0.25, -0.2) is 0 Å². The van der Waals surface area contributed by atoms with Crippen LogP contribution in [0.5, 0.6) is 11.5 Å². The van der Waals surface area contributed by atoms with Crippen LogP contribution < -0.4 is 15.2 Å². The van der Waals surface area contributed by atoms with Crippen LogP contribution in [0.25, 0.3) is 0 Å². The number of ether oxygens (including phenoxy) is 2. The van der Waals surface area contributed by atoms with Crippen molar-refractivity contribution in [2.75, 3.05) is 27.3 Å². The number of carbonyl (C=O) groups excluding carboxylic acids is 1. The van der Waals surface area contributed by atoms with Crippen molar-refractivity contribution in [3.63, 3.8) is 0 Å². The largest absolute Gasteiger partial charge is 0.493 e. The average molecular weight is 320 g/mol. The summed E-state index contributed by atoms with van der Waals surface area (Å²) >= 11 is 0. The van der Waals surface area contributed by atoms with Crippen molar-refractivity contribution in [3.05, 3.63) is 23.3 Å². The molecule has 0 unspecified atom stereocenters. The predicted molar refractivity (Wildman–Crippen MR) is 90.8 cm³/mol. The first-order valence-electron chi connectivity index (χ1n) is 8.41. The van der Waals surface area contributed by atoms with Crippen molar-refractivity contribution >= 4 is 5.91 Å². The highest BCUT2D eigenvalue weighted by Gasteiger charge is 2.22. The number of nitrogens with zero attached hydrogens (tertiary/aromatic N) is 1. The van der Waals surface area contributed by atoms with Gasteiger partial charge in [-0.15, -0.1) is 0 Å². The minimum Gasteiger partial charge on any atom is -0.493 e. The smallest absolute Gasteiger partial charge is 0.222 e. The summed E-state index contributed by atoms with van der Waals surface area (Å²) in [6.45, 7) is 2.18. The first-order chi connectivity index (χ1) is 11.2. The molecule has 2 N–H and O–H groups in total. The van der Waals surface area contributed by atoms with Crippen LogP contribution in [0, 0.1) is 0 Å². The Balaban J connectivity index is 1.93. The number of carbonyl (C=O) groups is 1. The molecular formula is C18H28N2O3. The standard InChI is InChI=1S/C18H28N2O3/c1-22-16-11-14-8-10-20(13-15(14)12-17(16)23-2)18(21)7-5-3-4-6-9-19/h11-12H,3-10,13,19H2,1-2H3. The van der Waals surface area contributed by atoms with Crippen LogP contribution in [-0.2, 0) is 17.8 Å². The molecule has 0 aliphatic carbocycles. The second-order valence-electron chi connectivity index (χ2n) is 5.99. The van der Waals surface area contributed by atoms with E-state index in [0.717, 1.165) is 62.3 Å². The van der Waals surface area contributed by atoms with Crippen LogP contribution in [-0.4, -0.2) is 38.1 Å². The minimum absolute atomic E-state index is 0.248. The maximum absolute atomic E-state index is 12.4. The molecule has 1 aliphatic heterocycles. The summed E-state index contributed by atoms with van der Waals surface area (Å²) in [4.78, 5) is 14.3. The maximum Gasteiger partial charge on any atom is 0.222 e. The van der Waals surface area contributed by atoms with Gasteiger partial charge in [0, 0.05) is 19.5 Å². The number of amides is 1. The van der Waals surface area contributed by atoms with Crippen LogP contribution in [0.2, 0.25) is 0 Å². The van der Waals surface area contributed by atoms with Crippen LogP contribution in [0.15, 0.2) is 12.1 Å². The van der Waals surface area contributed by atoms with Crippen LogP contribution in [0.3, 0.4) is 0 Å². The van der Waals surface area contributed by atoms with E-state index in [4.69, 9.17) is 15.2 Å². The van der Waals surface area contributed by atoms with Gasteiger partial charge in [0.2, 0.25) is 5.91 Å². The minimum atomic E-state index is 0.248. The maximum atomic E-state index is 12.4. The van der Waals surface area contributed by atoms with Gasteiger partial charge in [0.15, 0.2) is 11.5 Å². The molecule has 1 heterocycles. The summed E-state index contributed by atoms with van der Waals surface area (Å²) in [5.41, 5.74) is 7.89. The lowest BCUT2D eigenvalue weighted by Gasteiger charge is -2.29. The van der Waals surface area contributed by atoms with Gasteiger partial charge in [0.25, 0.3) is 0 Å². The molecule has 5 nitrogen and oxygen atoms in total. The molecule has 0 atom stereocenters. The number of unbranched alkanes of at least 4 members (excludes halogenated alkanes) is 3. The molecule has 23 heavy (non-hydrogen) atoms. The quantitative estimate of drug-likeness (QED) is 0.748. The summed E-state index contributed by atoms with van der Waals surface area (Å²) < 4.78 is 10.7. The molecule has 1 aromatic rings. The molecule has 1 aromatic carbocycles. The Bertz CT molecular complexity index is 531. The number of rotatable bonds is 8. The number of nitrogens with two attached hydrogens (primary N) is 1. The third-order valence-electron chi connectivity index (χ3n) is 4.42. The van der Waals surface area contributed by atoms with Gasteiger partial charge in [-0.2, -0.15) is 0 Å². The lowest BCUT2D eigenvalue weighted by Crippen LogP contribution is -2.35. The van der Waals surface area contributed by atoms with E-state index >= 15 is 0 Å². The number of hydrogen-bond donors (Lipinski definition) is 1. The lowest BCUT2D eigenvalue weighted by atomic mass is 9.98. The molecule has 0 saturated carbocycles. The highest BCUT2D eigenvalue weighted by molar-refractivity contribution is 5.76. The average Bonchev–Trinajstić information content (AvgIpc) is 2.59. The molecule has 0 fully saturated rings. The molecule has 5 heteroatoms. The number of hydrogen-bond acceptors (Lipinski definition) is 4. The zero-order valence-electron chi connectivity index (χ0n) is 14.3. The van der Waals surface area contributed by atoms with E-state index < -0.39 is 0 Å². The fourth-order valence-corrected chi connectivity index (χ4v) is 3.03. The highest BCUT2D eigenvalue weighted by atomic mass is 16.5. The van der Waals surface area contributed by atoms with Crippen molar-refractivity contribution < 1.29 is 14.3 Å². The Morgan fingerprint density at radius 2 is 1.74 bits per heavy atom. The van der Waals surface area contributed by atoms with E-state index in [0.29, 0.717) is 13.0 Å². The van der Waals surface area contributed by atoms with Gasteiger partial charge in [-0.05, 0) is 49.1 Å². The second kappa shape index (κ2) is 8.77. The molecule has 0 bridgehead atoms. The molecule has 0 spiro atoms. The first-order valence-corrected chi connectivity index (χ1v) is 8.41. The summed E-state index contributed by atoms with van der Waals surface area (Å²) in [6, 6.07) is 4.03. The SMILES string of the molecule is COc1cc2c(cc1OC)CN(C(=O)CCCCCCN)CC2. The van der Waals surface area contributed by atoms with Gasteiger partial charge in [0.1, 0.15) is 0 Å². The Kier molecular flexibility index (Phi) is 6.71. The molecule has 1 aliphatic rings. The Labute approximate surface area is 138 Å². The molecule has 0 aromatic heterocycles. The van der Waals surface area contributed by atoms with E-state index in [1.54, 1.807) is 14.2 Å². The number of methoxy groups -OCH3 is 2. The Morgan fingerprint density at radius 1 is 1.09 bits per heavy atom. The first kappa shape index (κ1) is 17.6. The monoisotopic (exact) mass is 320 g/mol. The topological polar surface area (TPSA) is 64.8 Å². The molecule has 0 saturated heterocycles. The summed E-state index contributed by atoms with van der Waals surface area (Å²) in [6.07, 6.45) is 5.70. The van der Waals surface area contributed by atoms with Crippen LogP contribution >= 0.6 is 0 Å². The summed E-state index contributed by atoms with van der Waals surface area (Å²) in [7, 11) is 3.28. The van der Waals surface area contributed by atoms with E-state index in [-0.39, 0.29) is 5.91 Å².